The Morgan fingerprint density at radius 2 is 1.72 bits per heavy atom. The Bertz CT molecular complexity index is 703. The molecule has 2 rings (SSSR count). The van der Waals surface area contributed by atoms with Crippen molar-refractivity contribution in [3.63, 3.8) is 0 Å². The van der Waals surface area contributed by atoms with E-state index in [1.165, 1.54) is 12.1 Å². The highest BCUT2D eigenvalue weighted by molar-refractivity contribution is 6.14. The maximum atomic E-state index is 13.2. The fourth-order valence-electron chi connectivity index (χ4n) is 2.99. The summed E-state index contributed by atoms with van der Waals surface area (Å²) >= 11 is 0. The molecule has 1 saturated heterocycles. The highest BCUT2D eigenvalue weighted by atomic mass is 19.1. The van der Waals surface area contributed by atoms with Gasteiger partial charge in [0.05, 0.1) is 0 Å². The minimum Gasteiger partial charge on any atom is -0.481 e. The van der Waals surface area contributed by atoms with Gasteiger partial charge in [-0.05, 0) is 24.1 Å². The van der Waals surface area contributed by atoms with Crippen LogP contribution in [0.15, 0.2) is 24.3 Å². The van der Waals surface area contributed by atoms with Crippen LogP contribution in [-0.4, -0.2) is 47.3 Å². The summed E-state index contributed by atoms with van der Waals surface area (Å²) in [4.78, 5) is 49.7. The number of carboxylic acids is 1. The van der Waals surface area contributed by atoms with E-state index in [4.69, 9.17) is 0 Å². The first kappa shape index (κ1) is 18.6. The van der Waals surface area contributed by atoms with Crippen molar-refractivity contribution >= 4 is 23.7 Å². The first-order valence-electron chi connectivity index (χ1n) is 7.87. The maximum absolute atomic E-state index is 13.2. The predicted octanol–water partition coefficient (Wildman–Crippen LogP) is 0.751. The first-order chi connectivity index (χ1) is 11.8. The summed E-state index contributed by atoms with van der Waals surface area (Å²) in [5, 5.41) is 12.1. The number of benzene rings is 1. The fourth-order valence-corrected chi connectivity index (χ4v) is 2.99. The highest BCUT2D eigenvalue weighted by Crippen LogP contribution is 2.39. The lowest BCUT2D eigenvalue weighted by Crippen LogP contribution is -2.57. The van der Waals surface area contributed by atoms with Crippen LogP contribution in [-0.2, 0) is 19.2 Å². The smallest absolute Gasteiger partial charge is 0.316 e. The molecule has 25 heavy (non-hydrogen) atoms. The van der Waals surface area contributed by atoms with E-state index in [0.717, 1.165) is 19.2 Å². The summed E-state index contributed by atoms with van der Waals surface area (Å²) in [7, 11) is 1.15. The molecule has 3 atom stereocenters. The van der Waals surface area contributed by atoms with Crippen LogP contribution in [0, 0.1) is 17.7 Å². The topological polar surface area (TPSA) is 104 Å². The minimum atomic E-state index is -1.61. The van der Waals surface area contributed by atoms with Gasteiger partial charge in [0.1, 0.15) is 17.7 Å². The predicted molar refractivity (Wildman–Crippen MR) is 84.8 cm³/mol. The Morgan fingerprint density at radius 1 is 1.16 bits per heavy atom. The highest BCUT2D eigenvalue weighted by Gasteiger charge is 2.53. The van der Waals surface area contributed by atoms with E-state index in [9.17, 15) is 28.7 Å². The summed E-state index contributed by atoms with van der Waals surface area (Å²) in [6, 6.07) is 4.79. The number of nitrogens with one attached hydrogen (secondary N) is 1. The van der Waals surface area contributed by atoms with Gasteiger partial charge in [-0.2, -0.15) is 0 Å². The minimum absolute atomic E-state index is 0.250. The van der Waals surface area contributed by atoms with Gasteiger partial charge >= 0.3 is 5.97 Å². The monoisotopic (exact) mass is 350 g/mol. The summed E-state index contributed by atoms with van der Waals surface area (Å²) in [5.41, 5.74) is 0.250. The lowest BCUT2D eigenvalue weighted by Gasteiger charge is -2.38. The third-order valence-corrected chi connectivity index (χ3v) is 4.26. The summed E-state index contributed by atoms with van der Waals surface area (Å²) in [5.74, 6) is -8.48. The van der Waals surface area contributed by atoms with Gasteiger partial charge in [0.15, 0.2) is 0 Å². The second kappa shape index (κ2) is 7.42. The number of hydrogen-bond donors (Lipinski definition) is 2. The van der Waals surface area contributed by atoms with E-state index in [0.29, 0.717) is 17.9 Å². The van der Waals surface area contributed by atoms with Crippen LogP contribution in [0.1, 0.15) is 24.8 Å². The molecule has 7 nitrogen and oxygen atoms in total. The lowest BCUT2D eigenvalue weighted by atomic mass is 9.72. The molecule has 0 aliphatic carbocycles. The van der Waals surface area contributed by atoms with Crippen LogP contribution in [0.3, 0.4) is 0 Å². The van der Waals surface area contributed by atoms with Crippen molar-refractivity contribution in [2.75, 3.05) is 13.6 Å². The molecule has 0 spiro atoms. The normalized spacial score (nSPS) is 23.5. The van der Waals surface area contributed by atoms with Crippen LogP contribution < -0.4 is 5.32 Å². The van der Waals surface area contributed by atoms with Crippen LogP contribution in [0.25, 0.3) is 0 Å². The summed E-state index contributed by atoms with van der Waals surface area (Å²) < 4.78 is 13.2. The number of carboxylic acid groups (broad SMARTS) is 1. The van der Waals surface area contributed by atoms with Crippen molar-refractivity contribution in [3.05, 3.63) is 35.6 Å². The molecule has 134 valence electrons. The summed E-state index contributed by atoms with van der Waals surface area (Å²) in [6.07, 6.45) is 0.630. The Hall–Kier alpha value is -2.77. The van der Waals surface area contributed by atoms with Crippen LogP contribution >= 0.6 is 0 Å². The number of imide groups is 1. The van der Waals surface area contributed by atoms with Crippen molar-refractivity contribution in [2.24, 2.45) is 11.8 Å². The third kappa shape index (κ3) is 3.52. The van der Waals surface area contributed by atoms with Gasteiger partial charge in [-0.1, -0.05) is 19.1 Å². The number of likely N-dealkylation sites (tertiary alicyclic amines) is 1. The molecular formula is C17H19FN2O5. The number of hydrogen-bond acceptors (Lipinski definition) is 4. The first-order valence-corrected chi connectivity index (χ1v) is 7.87. The van der Waals surface area contributed by atoms with Gasteiger partial charge in [0, 0.05) is 19.5 Å². The second-order valence-corrected chi connectivity index (χ2v) is 5.90. The average Bonchev–Trinajstić information content (AvgIpc) is 2.57. The number of aliphatic carboxylic acids is 1. The molecule has 1 unspecified atom stereocenters. The van der Waals surface area contributed by atoms with E-state index in [-0.39, 0.29) is 5.56 Å². The Kier molecular flexibility index (Phi) is 5.51. The van der Waals surface area contributed by atoms with Crippen molar-refractivity contribution in [3.8, 4) is 0 Å². The molecule has 1 aromatic rings. The van der Waals surface area contributed by atoms with E-state index in [1.54, 1.807) is 0 Å². The molecule has 8 heteroatoms. The van der Waals surface area contributed by atoms with Crippen molar-refractivity contribution in [1.29, 1.82) is 0 Å². The number of carbonyl (C=O) groups is 4. The zero-order valence-corrected chi connectivity index (χ0v) is 13.9. The van der Waals surface area contributed by atoms with Gasteiger partial charge < -0.3 is 10.4 Å². The maximum Gasteiger partial charge on any atom is 0.316 e. The molecule has 0 bridgehead atoms. The van der Waals surface area contributed by atoms with Gasteiger partial charge in [-0.15, -0.1) is 0 Å². The van der Waals surface area contributed by atoms with E-state index < -0.39 is 47.3 Å². The van der Waals surface area contributed by atoms with Gasteiger partial charge in [0.25, 0.3) is 0 Å². The SMILES string of the molecule is CCCNC(=O)[C@@H]1C(=O)N(C)C(=O)C(C(=O)O)[C@H]1c1ccc(F)cc1. The molecule has 0 saturated carbocycles. The Labute approximate surface area is 143 Å². The fraction of sp³-hybridized carbons (Fsp3) is 0.412. The van der Waals surface area contributed by atoms with E-state index in [1.807, 2.05) is 6.92 Å². The van der Waals surface area contributed by atoms with Crippen LogP contribution in [0.2, 0.25) is 0 Å². The molecule has 1 aliphatic heterocycles. The molecule has 0 aromatic heterocycles. The molecule has 1 heterocycles. The van der Waals surface area contributed by atoms with Crippen LogP contribution in [0.4, 0.5) is 4.39 Å². The number of amides is 3. The van der Waals surface area contributed by atoms with Crippen LogP contribution in [0.5, 0.6) is 0 Å². The largest absolute Gasteiger partial charge is 0.481 e. The van der Waals surface area contributed by atoms with Crippen molar-refractivity contribution in [2.45, 2.75) is 19.3 Å². The molecule has 1 fully saturated rings. The summed E-state index contributed by atoms with van der Waals surface area (Å²) in [6.45, 7) is 2.14. The molecular weight excluding hydrogens is 331 g/mol. The number of piperidine rings is 1. The quantitative estimate of drug-likeness (QED) is 0.602. The average molecular weight is 350 g/mol. The number of halogens is 1. The Morgan fingerprint density at radius 3 is 2.24 bits per heavy atom. The third-order valence-electron chi connectivity index (χ3n) is 4.26. The zero-order chi connectivity index (χ0) is 18.7. The standard InChI is InChI=1S/C17H19FN2O5/c1-3-8-19-14(21)12-11(9-4-6-10(18)7-5-9)13(17(24)25)16(23)20(2)15(12)22/h4-7,11-13H,3,8H2,1-2H3,(H,19,21)(H,24,25)/t11-,12+,13?/m0/s1. The molecule has 1 aliphatic rings. The number of rotatable bonds is 5. The molecule has 0 radical (unpaired) electrons. The Balaban J connectivity index is 2.55. The van der Waals surface area contributed by atoms with Gasteiger partial charge in [0.2, 0.25) is 17.7 Å². The number of nitrogens with zero attached hydrogens (tertiary/aromatic N) is 1. The molecule has 3 amide bonds. The number of carbonyl (C=O) groups excluding carboxylic acids is 3. The van der Waals surface area contributed by atoms with E-state index in [2.05, 4.69) is 5.32 Å². The van der Waals surface area contributed by atoms with Crippen molar-refractivity contribution < 1.29 is 28.7 Å². The van der Waals surface area contributed by atoms with Gasteiger partial charge in [-0.3, -0.25) is 24.1 Å². The van der Waals surface area contributed by atoms with Crippen molar-refractivity contribution in [1.82, 2.24) is 10.2 Å². The van der Waals surface area contributed by atoms with Gasteiger partial charge in [-0.25, -0.2) is 4.39 Å². The molecule has 1 aromatic carbocycles. The zero-order valence-electron chi connectivity index (χ0n) is 13.9. The lowest BCUT2D eigenvalue weighted by molar-refractivity contribution is -0.164. The van der Waals surface area contributed by atoms with E-state index >= 15 is 0 Å². The second-order valence-electron chi connectivity index (χ2n) is 5.90. The molecule has 2 N–H and O–H groups in total.